The van der Waals surface area contributed by atoms with E-state index in [1.165, 1.54) is 11.1 Å². The minimum atomic E-state index is -0.968. The summed E-state index contributed by atoms with van der Waals surface area (Å²) >= 11 is 0. The van der Waals surface area contributed by atoms with Crippen LogP contribution < -0.4 is 0 Å². The highest BCUT2D eigenvalue weighted by atomic mass is 16.5. The molecule has 0 aliphatic heterocycles. The van der Waals surface area contributed by atoms with Gasteiger partial charge in [0.05, 0.1) is 12.3 Å². The monoisotopic (exact) mass is 352 g/mol. The Morgan fingerprint density at radius 2 is 1.54 bits per heavy atom. The summed E-state index contributed by atoms with van der Waals surface area (Å²) in [5.41, 5.74) is 4.65. The summed E-state index contributed by atoms with van der Waals surface area (Å²) in [5.74, 6) is -1.75. The summed E-state index contributed by atoms with van der Waals surface area (Å²) in [6.45, 7) is 4.19. The summed E-state index contributed by atoms with van der Waals surface area (Å²) in [7, 11) is 0. The quantitative estimate of drug-likeness (QED) is 0.746. The number of fused-ring (bicyclic) bond motifs is 3. The molecule has 1 aliphatic rings. The first-order valence-corrected chi connectivity index (χ1v) is 9.04. The van der Waals surface area contributed by atoms with Gasteiger partial charge < -0.3 is 9.84 Å². The molecule has 3 rings (SSSR count). The fourth-order valence-electron chi connectivity index (χ4n) is 3.77. The largest absolute Gasteiger partial charge is 0.481 e. The highest BCUT2D eigenvalue weighted by Crippen LogP contribution is 2.44. The molecule has 26 heavy (non-hydrogen) atoms. The minimum absolute atomic E-state index is 0.00382. The number of carbonyl (C=O) groups is 2. The predicted octanol–water partition coefficient (Wildman–Crippen LogP) is 4.48. The molecule has 0 heterocycles. The molecule has 1 aliphatic carbocycles. The van der Waals surface area contributed by atoms with Crippen LogP contribution in [-0.4, -0.2) is 23.7 Å². The maximum absolute atomic E-state index is 12.5. The van der Waals surface area contributed by atoms with Gasteiger partial charge in [-0.25, -0.2) is 0 Å². The first-order chi connectivity index (χ1) is 12.5. The van der Waals surface area contributed by atoms with E-state index in [1.807, 2.05) is 38.1 Å². The van der Waals surface area contributed by atoms with Gasteiger partial charge in [-0.15, -0.1) is 0 Å². The molecular formula is C22H24O4. The summed E-state index contributed by atoms with van der Waals surface area (Å²) in [6.07, 6.45) is 0.331. The third-order valence-electron chi connectivity index (χ3n) is 4.87. The molecule has 0 radical (unpaired) electrons. The van der Waals surface area contributed by atoms with Crippen LogP contribution in [0.2, 0.25) is 0 Å². The van der Waals surface area contributed by atoms with Gasteiger partial charge in [-0.2, -0.15) is 0 Å². The van der Waals surface area contributed by atoms with Gasteiger partial charge in [0.2, 0.25) is 0 Å². The number of carboxylic acids is 1. The molecule has 4 nitrogen and oxygen atoms in total. The van der Waals surface area contributed by atoms with Crippen LogP contribution in [0.25, 0.3) is 11.1 Å². The van der Waals surface area contributed by atoms with Crippen molar-refractivity contribution in [2.45, 2.75) is 32.6 Å². The van der Waals surface area contributed by atoms with Gasteiger partial charge in [0.1, 0.15) is 6.61 Å². The molecule has 2 aromatic carbocycles. The smallest absolute Gasteiger partial charge is 0.309 e. The molecule has 0 saturated heterocycles. The van der Waals surface area contributed by atoms with Crippen LogP contribution in [0, 0.1) is 11.8 Å². The molecule has 0 unspecified atom stereocenters. The van der Waals surface area contributed by atoms with Crippen molar-refractivity contribution in [3.8, 4) is 11.1 Å². The number of rotatable bonds is 7. The molecule has 1 atom stereocenters. The summed E-state index contributed by atoms with van der Waals surface area (Å²) in [5, 5.41) is 9.08. The second kappa shape index (κ2) is 7.73. The second-order valence-corrected chi connectivity index (χ2v) is 7.28. The van der Waals surface area contributed by atoms with E-state index in [0.29, 0.717) is 6.42 Å². The van der Waals surface area contributed by atoms with Crippen molar-refractivity contribution in [3.63, 3.8) is 0 Å². The van der Waals surface area contributed by atoms with Gasteiger partial charge >= 0.3 is 11.9 Å². The molecule has 0 bridgehead atoms. The lowest BCUT2D eigenvalue weighted by Crippen LogP contribution is -2.24. The van der Waals surface area contributed by atoms with E-state index in [1.54, 1.807) is 0 Å². The standard InChI is InChI=1S/C22H24O4/c1-14(2)11-15(12-21(23)24)22(25)26-13-20-18-9-5-3-7-16(18)17-8-4-6-10-19(17)20/h3-10,14-15,20H,11-13H2,1-2H3,(H,23,24)/t15-/m0/s1. The van der Waals surface area contributed by atoms with E-state index >= 15 is 0 Å². The highest BCUT2D eigenvalue weighted by molar-refractivity contribution is 5.80. The molecule has 4 heteroatoms. The summed E-state index contributed by atoms with van der Waals surface area (Å²) in [4.78, 5) is 23.6. The Kier molecular flexibility index (Phi) is 5.40. The zero-order valence-electron chi connectivity index (χ0n) is 15.1. The van der Waals surface area contributed by atoms with Gasteiger partial charge in [0.25, 0.3) is 0 Å². The van der Waals surface area contributed by atoms with Crippen molar-refractivity contribution < 1.29 is 19.4 Å². The molecule has 0 amide bonds. The van der Waals surface area contributed by atoms with Crippen LogP contribution in [0.3, 0.4) is 0 Å². The van der Waals surface area contributed by atoms with Gasteiger partial charge in [-0.3, -0.25) is 9.59 Å². The van der Waals surface area contributed by atoms with Crippen molar-refractivity contribution in [2.24, 2.45) is 11.8 Å². The molecule has 0 spiro atoms. The number of aliphatic carboxylic acids is 1. The third-order valence-corrected chi connectivity index (χ3v) is 4.87. The van der Waals surface area contributed by atoms with Crippen molar-refractivity contribution in [1.29, 1.82) is 0 Å². The molecule has 2 aromatic rings. The van der Waals surface area contributed by atoms with Crippen LogP contribution in [0.4, 0.5) is 0 Å². The SMILES string of the molecule is CC(C)C[C@@H](CC(=O)O)C(=O)OCC1c2ccccc2-c2ccccc21. The Hall–Kier alpha value is -2.62. The minimum Gasteiger partial charge on any atom is -0.481 e. The molecule has 136 valence electrons. The molecule has 0 aromatic heterocycles. The lowest BCUT2D eigenvalue weighted by Gasteiger charge is -2.19. The van der Waals surface area contributed by atoms with Crippen molar-refractivity contribution in [2.75, 3.05) is 6.61 Å². The van der Waals surface area contributed by atoms with Gasteiger partial charge in [0.15, 0.2) is 0 Å². The average molecular weight is 352 g/mol. The zero-order chi connectivity index (χ0) is 18.7. The fourth-order valence-corrected chi connectivity index (χ4v) is 3.77. The van der Waals surface area contributed by atoms with E-state index in [0.717, 1.165) is 11.1 Å². The first kappa shape index (κ1) is 18.2. The first-order valence-electron chi connectivity index (χ1n) is 9.04. The molecule has 0 saturated carbocycles. The number of carbonyl (C=O) groups excluding carboxylic acids is 1. The van der Waals surface area contributed by atoms with Crippen LogP contribution in [0.1, 0.15) is 43.7 Å². The fraction of sp³-hybridized carbons (Fsp3) is 0.364. The maximum Gasteiger partial charge on any atom is 0.309 e. The topological polar surface area (TPSA) is 63.6 Å². The van der Waals surface area contributed by atoms with E-state index in [9.17, 15) is 9.59 Å². The van der Waals surface area contributed by atoms with Gasteiger partial charge in [-0.05, 0) is 34.6 Å². The molecule has 0 fully saturated rings. The summed E-state index contributed by atoms with van der Waals surface area (Å²) in [6, 6.07) is 16.3. The lowest BCUT2D eigenvalue weighted by atomic mass is 9.94. The normalized spacial score (nSPS) is 14.0. The highest BCUT2D eigenvalue weighted by Gasteiger charge is 2.31. The zero-order valence-corrected chi connectivity index (χ0v) is 15.1. The number of esters is 1. The van der Waals surface area contributed by atoms with Crippen molar-refractivity contribution >= 4 is 11.9 Å². The van der Waals surface area contributed by atoms with Crippen LogP contribution >= 0.6 is 0 Å². The molecular weight excluding hydrogens is 328 g/mol. The summed E-state index contributed by atoms with van der Waals surface area (Å²) < 4.78 is 5.60. The number of hydrogen-bond acceptors (Lipinski definition) is 3. The Labute approximate surface area is 153 Å². The molecule has 1 N–H and O–H groups in total. The Morgan fingerprint density at radius 3 is 2.04 bits per heavy atom. The van der Waals surface area contributed by atoms with E-state index in [2.05, 4.69) is 24.3 Å². The van der Waals surface area contributed by atoms with Crippen LogP contribution in [-0.2, 0) is 14.3 Å². The van der Waals surface area contributed by atoms with Crippen LogP contribution in [0.5, 0.6) is 0 Å². The predicted molar refractivity (Wildman–Crippen MR) is 99.9 cm³/mol. The van der Waals surface area contributed by atoms with Crippen LogP contribution in [0.15, 0.2) is 48.5 Å². The van der Waals surface area contributed by atoms with Gasteiger partial charge in [0, 0.05) is 5.92 Å². The Balaban J connectivity index is 1.76. The number of hydrogen-bond donors (Lipinski definition) is 1. The second-order valence-electron chi connectivity index (χ2n) is 7.28. The lowest BCUT2D eigenvalue weighted by molar-refractivity contribution is -0.153. The van der Waals surface area contributed by atoms with E-state index in [-0.39, 0.29) is 24.9 Å². The van der Waals surface area contributed by atoms with Crippen molar-refractivity contribution in [1.82, 2.24) is 0 Å². The third kappa shape index (κ3) is 3.79. The Morgan fingerprint density at radius 1 is 1.00 bits per heavy atom. The van der Waals surface area contributed by atoms with E-state index < -0.39 is 17.9 Å². The average Bonchev–Trinajstić information content (AvgIpc) is 2.92. The number of ether oxygens (including phenoxy) is 1. The maximum atomic E-state index is 12.5. The Bertz CT molecular complexity index is 764. The number of benzene rings is 2. The van der Waals surface area contributed by atoms with E-state index in [4.69, 9.17) is 9.84 Å². The van der Waals surface area contributed by atoms with Crippen molar-refractivity contribution in [3.05, 3.63) is 59.7 Å². The van der Waals surface area contributed by atoms with Gasteiger partial charge in [-0.1, -0.05) is 62.4 Å². The number of carboxylic acid groups (broad SMARTS) is 1.